The van der Waals surface area contributed by atoms with Crippen LogP contribution in [0.15, 0.2) is 10.6 Å². The van der Waals surface area contributed by atoms with E-state index < -0.39 is 0 Å². The van der Waals surface area contributed by atoms with Gasteiger partial charge in [-0.25, -0.2) is 0 Å². The van der Waals surface area contributed by atoms with E-state index in [2.05, 4.69) is 0 Å². The summed E-state index contributed by atoms with van der Waals surface area (Å²) in [4.78, 5) is 0. The van der Waals surface area contributed by atoms with E-state index >= 15 is 0 Å². The Kier molecular flexibility index (Phi) is 5.61. The molecule has 0 atom stereocenters. The van der Waals surface area contributed by atoms with E-state index in [1.807, 2.05) is 6.92 Å². The Morgan fingerprint density at radius 3 is 2.62 bits per heavy atom. The summed E-state index contributed by atoms with van der Waals surface area (Å²) < 4.78 is 5.16. The number of hydrogen-bond donors (Lipinski definition) is 0. The summed E-state index contributed by atoms with van der Waals surface area (Å²) in [5.74, 6) is 0. The van der Waals surface area contributed by atoms with Crippen molar-refractivity contribution < 1.29 is 4.74 Å². The van der Waals surface area contributed by atoms with Gasteiger partial charge in [0.25, 0.3) is 0 Å². The molecule has 0 radical (unpaired) electrons. The van der Waals surface area contributed by atoms with Gasteiger partial charge in [-0.3, -0.25) is 0 Å². The first-order chi connectivity index (χ1) is 3.77. The van der Waals surface area contributed by atoms with Crippen LogP contribution in [0.3, 0.4) is 0 Å². The molecule has 0 spiro atoms. The fourth-order valence-corrected chi connectivity index (χ4v) is 0.366. The van der Waals surface area contributed by atoms with E-state index in [0.717, 1.165) is 0 Å². The van der Waals surface area contributed by atoms with Crippen LogP contribution in [0.1, 0.15) is 6.92 Å². The van der Waals surface area contributed by atoms with Crippen LogP contribution in [0.25, 0.3) is 0 Å². The zero-order valence-corrected chi connectivity index (χ0v) is 6.17. The Morgan fingerprint density at radius 1 is 1.62 bits per heavy atom. The van der Waals surface area contributed by atoms with Crippen molar-refractivity contribution in [3.63, 3.8) is 0 Å². The van der Waals surface area contributed by atoms with Crippen molar-refractivity contribution in [3.8, 4) is 0 Å². The summed E-state index contributed by atoms with van der Waals surface area (Å²) in [6.45, 7) is 3.10. The van der Waals surface area contributed by atoms with E-state index in [4.69, 9.17) is 27.9 Å². The minimum Gasteiger partial charge on any atom is -0.378 e. The predicted octanol–water partition coefficient (Wildman–Crippen LogP) is 2.34. The first-order valence-corrected chi connectivity index (χ1v) is 3.12. The van der Waals surface area contributed by atoms with Crippen LogP contribution in [-0.2, 0) is 4.74 Å². The second-order valence-corrected chi connectivity index (χ2v) is 2.16. The van der Waals surface area contributed by atoms with Crippen molar-refractivity contribution >= 4 is 23.2 Å². The van der Waals surface area contributed by atoms with Crippen molar-refractivity contribution in [2.24, 2.45) is 0 Å². The highest BCUT2D eigenvalue weighted by Gasteiger charge is 1.80. The molecule has 0 aromatic carbocycles. The second-order valence-electron chi connectivity index (χ2n) is 1.15. The first-order valence-electron chi connectivity index (χ1n) is 2.36. The van der Waals surface area contributed by atoms with Crippen LogP contribution in [-0.4, -0.2) is 13.2 Å². The van der Waals surface area contributed by atoms with Crippen LogP contribution in [0.5, 0.6) is 0 Å². The molecule has 1 nitrogen and oxygen atoms in total. The fraction of sp³-hybridized carbons (Fsp3) is 0.600. The number of rotatable bonds is 3. The quantitative estimate of drug-likeness (QED) is 0.568. The van der Waals surface area contributed by atoms with Crippen LogP contribution in [0.4, 0.5) is 0 Å². The van der Waals surface area contributed by atoms with Crippen molar-refractivity contribution in [1.29, 1.82) is 0 Å². The molecule has 0 amide bonds. The largest absolute Gasteiger partial charge is 0.378 e. The van der Waals surface area contributed by atoms with Crippen LogP contribution < -0.4 is 0 Å². The minimum atomic E-state index is 0.262. The third-order valence-corrected chi connectivity index (χ3v) is 0.868. The van der Waals surface area contributed by atoms with Gasteiger partial charge in [0, 0.05) is 6.61 Å². The summed E-state index contributed by atoms with van der Waals surface area (Å²) >= 11 is 10.5. The molecule has 0 aliphatic carbocycles. The average Bonchev–Trinajstić information content (AvgIpc) is 1.66. The molecule has 8 heavy (non-hydrogen) atoms. The lowest BCUT2D eigenvalue weighted by molar-refractivity contribution is 0.177. The molecule has 0 aromatic heterocycles. The van der Waals surface area contributed by atoms with Gasteiger partial charge in [0.1, 0.15) is 4.49 Å². The molecule has 48 valence electrons. The van der Waals surface area contributed by atoms with Crippen molar-refractivity contribution in [3.05, 3.63) is 10.6 Å². The molecule has 0 aliphatic heterocycles. The van der Waals surface area contributed by atoms with Gasteiger partial charge in [0.05, 0.1) is 6.61 Å². The van der Waals surface area contributed by atoms with E-state index in [1.165, 1.54) is 0 Å². The van der Waals surface area contributed by atoms with Crippen LogP contribution >= 0.6 is 23.2 Å². The lowest BCUT2D eigenvalue weighted by Gasteiger charge is -1.90. The molecular weight excluding hydrogens is 147 g/mol. The van der Waals surface area contributed by atoms with Crippen molar-refractivity contribution in [2.75, 3.05) is 13.2 Å². The third-order valence-electron chi connectivity index (χ3n) is 0.560. The topological polar surface area (TPSA) is 9.23 Å². The lowest BCUT2D eigenvalue weighted by atomic mass is 10.7. The van der Waals surface area contributed by atoms with E-state index in [1.54, 1.807) is 6.08 Å². The van der Waals surface area contributed by atoms with Crippen LogP contribution in [0, 0.1) is 0 Å². The second kappa shape index (κ2) is 5.42. The Morgan fingerprint density at radius 2 is 2.25 bits per heavy atom. The lowest BCUT2D eigenvalue weighted by Crippen LogP contribution is -1.87. The molecular formula is C5H8Cl2O. The van der Waals surface area contributed by atoms with Crippen molar-refractivity contribution in [1.82, 2.24) is 0 Å². The third kappa shape index (κ3) is 6.28. The molecule has 0 N–H and O–H groups in total. The average molecular weight is 155 g/mol. The Hall–Kier alpha value is 0.280. The summed E-state index contributed by atoms with van der Waals surface area (Å²) in [5, 5.41) is 0. The molecule has 0 aliphatic rings. The van der Waals surface area contributed by atoms with E-state index in [9.17, 15) is 0 Å². The number of halogens is 2. The molecule has 3 heteroatoms. The van der Waals surface area contributed by atoms with Gasteiger partial charge < -0.3 is 4.74 Å². The van der Waals surface area contributed by atoms with Crippen LogP contribution in [0.2, 0.25) is 0 Å². The van der Waals surface area contributed by atoms with Gasteiger partial charge in [0.2, 0.25) is 0 Å². The Labute approximate surface area is 59.2 Å². The molecule has 0 saturated heterocycles. The highest BCUT2D eigenvalue weighted by atomic mass is 35.5. The van der Waals surface area contributed by atoms with Gasteiger partial charge >= 0.3 is 0 Å². The zero-order chi connectivity index (χ0) is 6.41. The molecule has 0 heterocycles. The van der Waals surface area contributed by atoms with Gasteiger partial charge in [-0.15, -0.1) is 0 Å². The molecule has 0 aromatic rings. The SMILES string of the molecule is CCOCC=C(Cl)Cl. The molecule has 0 unspecified atom stereocenters. The fourth-order valence-electron chi connectivity index (χ4n) is 0.240. The van der Waals surface area contributed by atoms with Gasteiger partial charge in [-0.2, -0.15) is 0 Å². The Bertz CT molecular complexity index is 76.5. The number of ether oxygens (including phenoxy) is 1. The minimum absolute atomic E-state index is 0.262. The maximum Gasteiger partial charge on any atom is 0.105 e. The molecule has 0 rings (SSSR count). The van der Waals surface area contributed by atoms with E-state index in [-0.39, 0.29) is 4.49 Å². The Balaban J connectivity index is 3.03. The molecule has 0 saturated carbocycles. The standard InChI is InChI=1S/C5H8Cl2O/c1-2-8-4-3-5(6)7/h3H,2,4H2,1H3. The maximum atomic E-state index is 5.26. The summed E-state index contributed by atoms with van der Waals surface area (Å²) in [6.07, 6.45) is 1.60. The molecule has 0 fully saturated rings. The highest BCUT2D eigenvalue weighted by Crippen LogP contribution is 2.04. The summed E-state index contributed by atoms with van der Waals surface area (Å²) in [7, 11) is 0. The summed E-state index contributed by atoms with van der Waals surface area (Å²) in [5.41, 5.74) is 0. The van der Waals surface area contributed by atoms with Crippen molar-refractivity contribution in [2.45, 2.75) is 6.92 Å². The molecule has 0 bridgehead atoms. The monoisotopic (exact) mass is 154 g/mol. The summed E-state index contributed by atoms with van der Waals surface area (Å²) in [6, 6.07) is 0. The smallest absolute Gasteiger partial charge is 0.105 e. The highest BCUT2D eigenvalue weighted by molar-refractivity contribution is 6.55. The maximum absolute atomic E-state index is 5.26. The van der Waals surface area contributed by atoms with Gasteiger partial charge in [0.15, 0.2) is 0 Å². The van der Waals surface area contributed by atoms with E-state index in [0.29, 0.717) is 13.2 Å². The normalized spacial score (nSPS) is 8.88. The first kappa shape index (κ1) is 8.28. The van der Waals surface area contributed by atoms with Gasteiger partial charge in [-0.1, -0.05) is 23.2 Å². The predicted molar refractivity (Wildman–Crippen MR) is 36.3 cm³/mol. The zero-order valence-electron chi connectivity index (χ0n) is 4.66. The number of hydrogen-bond acceptors (Lipinski definition) is 1. The van der Waals surface area contributed by atoms with Gasteiger partial charge in [-0.05, 0) is 13.0 Å².